The summed E-state index contributed by atoms with van der Waals surface area (Å²) >= 11 is 12.0. The van der Waals surface area contributed by atoms with Crippen molar-refractivity contribution in [3.8, 4) is 0 Å². The van der Waals surface area contributed by atoms with Gasteiger partial charge in [0.1, 0.15) is 0 Å². The van der Waals surface area contributed by atoms with Crippen LogP contribution in [0.4, 0.5) is 0 Å². The van der Waals surface area contributed by atoms with E-state index in [9.17, 15) is 5.11 Å². The van der Waals surface area contributed by atoms with E-state index in [4.69, 9.17) is 28.9 Å². The Morgan fingerprint density at radius 1 is 1.29 bits per heavy atom. The van der Waals surface area contributed by atoms with Crippen molar-refractivity contribution in [3.05, 3.63) is 33.8 Å². The first-order valence-electron chi connectivity index (χ1n) is 5.90. The van der Waals surface area contributed by atoms with Crippen LogP contribution in [0.1, 0.15) is 31.2 Å². The maximum absolute atomic E-state index is 10.5. The van der Waals surface area contributed by atoms with Crippen molar-refractivity contribution in [1.82, 2.24) is 0 Å². The molecule has 1 fully saturated rings. The van der Waals surface area contributed by atoms with Crippen molar-refractivity contribution in [3.63, 3.8) is 0 Å². The number of hydrogen-bond donors (Lipinski definition) is 2. The third-order valence-electron chi connectivity index (χ3n) is 3.50. The number of hydrogen-bond acceptors (Lipinski definition) is 2. The minimum atomic E-state index is -0.659. The predicted molar refractivity (Wildman–Crippen MR) is 71.6 cm³/mol. The van der Waals surface area contributed by atoms with Gasteiger partial charge in [0.15, 0.2) is 0 Å². The molecule has 0 spiro atoms. The van der Waals surface area contributed by atoms with Gasteiger partial charge in [0.05, 0.1) is 5.60 Å². The quantitative estimate of drug-likeness (QED) is 0.870. The summed E-state index contributed by atoms with van der Waals surface area (Å²) in [6, 6.07) is 5.64. The smallest absolute Gasteiger partial charge is 0.0689 e. The molecule has 0 unspecified atom stereocenters. The third kappa shape index (κ3) is 3.35. The van der Waals surface area contributed by atoms with Gasteiger partial charge in [0, 0.05) is 22.5 Å². The standard InChI is InChI=1S/C13H17Cl2NO/c14-10-2-1-9(12(15)7-10)8-13(17)5-3-11(16)4-6-13/h1-2,7,11,17H,3-6,8,16H2. The second-order valence-corrected chi connectivity index (χ2v) is 5.82. The summed E-state index contributed by atoms with van der Waals surface area (Å²) in [6.07, 6.45) is 3.82. The van der Waals surface area contributed by atoms with E-state index in [2.05, 4.69) is 0 Å². The number of halogens is 2. The third-order valence-corrected chi connectivity index (χ3v) is 4.08. The first-order valence-corrected chi connectivity index (χ1v) is 6.66. The van der Waals surface area contributed by atoms with Crippen LogP contribution < -0.4 is 5.73 Å². The van der Waals surface area contributed by atoms with Gasteiger partial charge in [-0.25, -0.2) is 0 Å². The molecule has 0 atom stereocenters. The molecule has 4 heteroatoms. The van der Waals surface area contributed by atoms with Crippen LogP contribution in [0.25, 0.3) is 0 Å². The fourth-order valence-electron chi connectivity index (χ4n) is 2.37. The first kappa shape index (κ1) is 13.2. The van der Waals surface area contributed by atoms with E-state index in [1.54, 1.807) is 12.1 Å². The highest BCUT2D eigenvalue weighted by atomic mass is 35.5. The number of aliphatic hydroxyl groups is 1. The highest BCUT2D eigenvalue weighted by Crippen LogP contribution is 2.33. The fourth-order valence-corrected chi connectivity index (χ4v) is 2.85. The lowest BCUT2D eigenvalue weighted by atomic mass is 9.79. The highest BCUT2D eigenvalue weighted by molar-refractivity contribution is 6.35. The van der Waals surface area contributed by atoms with Gasteiger partial charge in [0.25, 0.3) is 0 Å². The lowest BCUT2D eigenvalue weighted by Gasteiger charge is -2.35. The Morgan fingerprint density at radius 2 is 1.94 bits per heavy atom. The molecule has 3 N–H and O–H groups in total. The molecule has 2 nitrogen and oxygen atoms in total. The molecule has 0 aliphatic heterocycles. The van der Waals surface area contributed by atoms with Crippen LogP contribution >= 0.6 is 23.2 Å². The van der Waals surface area contributed by atoms with Gasteiger partial charge in [-0.05, 0) is 43.4 Å². The van der Waals surface area contributed by atoms with Gasteiger partial charge in [-0.2, -0.15) is 0 Å². The molecule has 0 aromatic heterocycles. The van der Waals surface area contributed by atoms with E-state index >= 15 is 0 Å². The zero-order valence-electron chi connectivity index (χ0n) is 9.63. The van der Waals surface area contributed by atoms with Crippen molar-refractivity contribution in [2.75, 3.05) is 0 Å². The molecule has 17 heavy (non-hydrogen) atoms. The Bertz CT molecular complexity index is 400. The van der Waals surface area contributed by atoms with Gasteiger partial charge in [-0.15, -0.1) is 0 Å². The molecule has 0 bridgehead atoms. The van der Waals surface area contributed by atoms with Gasteiger partial charge < -0.3 is 10.8 Å². The summed E-state index contributed by atoms with van der Waals surface area (Å²) < 4.78 is 0. The molecule has 0 radical (unpaired) electrons. The first-order chi connectivity index (χ1) is 7.98. The maximum Gasteiger partial charge on any atom is 0.0689 e. The van der Waals surface area contributed by atoms with E-state index in [1.807, 2.05) is 6.07 Å². The van der Waals surface area contributed by atoms with E-state index in [0.717, 1.165) is 31.2 Å². The summed E-state index contributed by atoms with van der Waals surface area (Å²) in [5.41, 5.74) is 6.14. The average Bonchev–Trinajstić information content (AvgIpc) is 2.27. The molecule has 0 heterocycles. The minimum absolute atomic E-state index is 0.232. The Hall–Kier alpha value is -0.280. The SMILES string of the molecule is NC1CCC(O)(Cc2ccc(Cl)cc2Cl)CC1. The largest absolute Gasteiger partial charge is 0.390 e. The van der Waals surface area contributed by atoms with Gasteiger partial charge in [-0.3, -0.25) is 0 Å². The zero-order valence-corrected chi connectivity index (χ0v) is 11.1. The molecule has 1 aliphatic rings. The van der Waals surface area contributed by atoms with Crippen molar-refractivity contribution in [2.45, 2.75) is 43.7 Å². The predicted octanol–water partition coefficient (Wildman–Crippen LogP) is 3.17. The summed E-state index contributed by atoms with van der Waals surface area (Å²) in [5, 5.41) is 11.7. The fraction of sp³-hybridized carbons (Fsp3) is 0.538. The molecule has 1 saturated carbocycles. The zero-order chi connectivity index (χ0) is 12.5. The van der Waals surface area contributed by atoms with Crippen molar-refractivity contribution in [2.24, 2.45) is 5.73 Å². The molecule has 1 aromatic rings. The topological polar surface area (TPSA) is 46.2 Å². The number of nitrogens with two attached hydrogens (primary N) is 1. The Balaban J connectivity index is 2.09. The van der Waals surface area contributed by atoms with Gasteiger partial charge >= 0.3 is 0 Å². The van der Waals surface area contributed by atoms with Crippen LogP contribution in [-0.4, -0.2) is 16.7 Å². The van der Waals surface area contributed by atoms with Crippen LogP contribution in [0, 0.1) is 0 Å². The van der Waals surface area contributed by atoms with Crippen LogP contribution in [0.15, 0.2) is 18.2 Å². The molecule has 0 amide bonds. The molecule has 94 valence electrons. The van der Waals surface area contributed by atoms with E-state index in [-0.39, 0.29) is 6.04 Å². The molecule has 0 saturated heterocycles. The maximum atomic E-state index is 10.5. The van der Waals surface area contributed by atoms with Gasteiger partial charge in [0.2, 0.25) is 0 Å². The summed E-state index contributed by atoms with van der Waals surface area (Å²) in [5.74, 6) is 0. The van der Waals surface area contributed by atoms with E-state index < -0.39 is 5.60 Å². The highest BCUT2D eigenvalue weighted by Gasteiger charge is 2.32. The molecule has 2 rings (SSSR count). The Morgan fingerprint density at radius 3 is 2.53 bits per heavy atom. The van der Waals surface area contributed by atoms with Crippen molar-refractivity contribution < 1.29 is 5.11 Å². The van der Waals surface area contributed by atoms with Crippen LogP contribution in [-0.2, 0) is 6.42 Å². The van der Waals surface area contributed by atoms with Crippen molar-refractivity contribution in [1.29, 1.82) is 0 Å². The summed E-state index contributed by atoms with van der Waals surface area (Å²) in [4.78, 5) is 0. The monoisotopic (exact) mass is 273 g/mol. The van der Waals surface area contributed by atoms with Gasteiger partial charge in [-0.1, -0.05) is 29.3 Å². The van der Waals surface area contributed by atoms with Crippen molar-refractivity contribution >= 4 is 23.2 Å². The number of rotatable bonds is 2. The van der Waals surface area contributed by atoms with E-state index in [1.165, 1.54) is 0 Å². The van der Waals surface area contributed by atoms with Crippen LogP contribution in [0.5, 0.6) is 0 Å². The lowest BCUT2D eigenvalue weighted by Crippen LogP contribution is -2.40. The summed E-state index contributed by atoms with van der Waals surface area (Å²) in [7, 11) is 0. The van der Waals surface area contributed by atoms with E-state index in [0.29, 0.717) is 16.5 Å². The number of benzene rings is 1. The summed E-state index contributed by atoms with van der Waals surface area (Å²) in [6.45, 7) is 0. The Kier molecular flexibility index (Phi) is 3.99. The minimum Gasteiger partial charge on any atom is -0.390 e. The second kappa shape index (κ2) is 5.15. The molecule has 1 aromatic carbocycles. The molecule has 1 aliphatic carbocycles. The Labute approximate surface area is 112 Å². The average molecular weight is 274 g/mol. The molecular formula is C13H17Cl2NO. The lowest BCUT2D eigenvalue weighted by molar-refractivity contribution is 0.000230. The van der Waals surface area contributed by atoms with Crippen LogP contribution in [0.3, 0.4) is 0 Å². The second-order valence-electron chi connectivity index (χ2n) is 4.97. The molecular weight excluding hydrogens is 257 g/mol. The normalized spacial score (nSPS) is 29.3. The van der Waals surface area contributed by atoms with Crippen LogP contribution in [0.2, 0.25) is 10.0 Å².